The number of nitrogens with one attached hydrogen (secondary N) is 2. The predicted octanol–water partition coefficient (Wildman–Crippen LogP) is -0.461. The quantitative estimate of drug-likeness (QED) is 0.569. The Hall–Kier alpha value is -0.660. The molecule has 0 heterocycles. The normalized spacial score (nSPS) is 14.3. The van der Waals surface area contributed by atoms with Crippen molar-refractivity contribution < 1.29 is 18.3 Å². The molecule has 1 atom stereocenters. The van der Waals surface area contributed by atoms with Crippen LogP contribution in [0.15, 0.2) is 0 Å². The average molecular weight is 224 g/mol. The molecule has 0 aromatic rings. The van der Waals surface area contributed by atoms with E-state index in [1.54, 1.807) is 0 Å². The van der Waals surface area contributed by atoms with Crippen molar-refractivity contribution in [2.45, 2.75) is 26.3 Å². The van der Waals surface area contributed by atoms with E-state index >= 15 is 0 Å². The molecule has 0 aliphatic carbocycles. The zero-order chi connectivity index (χ0) is 11.4. The van der Waals surface area contributed by atoms with Gasteiger partial charge in [0, 0.05) is 7.05 Å². The first-order valence-electron chi connectivity index (χ1n) is 4.22. The lowest BCUT2D eigenvalue weighted by Crippen LogP contribution is -2.45. The molecule has 6 nitrogen and oxygen atoms in total. The molecule has 0 fully saturated rings. The summed E-state index contributed by atoms with van der Waals surface area (Å²) in [6.45, 7) is 3.65. The van der Waals surface area contributed by atoms with Gasteiger partial charge in [-0.3, -0.25) is 4.79 Å². The van der Waals surface area contributed by atoms with Crippen LogP contribution in [0.5, 0.6) is 0 Å². The summed E-state index contributed by atoms with van der Waals surface area (Å²) in [6, 6.07) is -1.08. The summed E-state index contributed by atoms with van der Waals surface area (Å²) in [4.78, 5) is 10.7. The number of carboxylic acids is 1. The Morgan fingerprint density at radius 1 is 1.43 bits per heavy atom. The summed E-state index contributed by atoms with van der Waals surface area (Å²) in [6.07, 6.45) is 0.260. The molecule has 7 heteroatoms. The van der Waals surface area contributed by atoms with E-state index < -0.39 is 22.2 Å². The van der Waals surface area contributed by atoms with Crippen LogP contribution in [0.1, 0.15) is 20.3 Å². The molecular formula is C7H16N2O4S. The van der Waals surface area contributed by atoms with E-state index in [9.17, 15) is 13.2 Å². The second-order valence-corrected chi connectivity index (χ2v) is 5.00. The second-order valence-electron chi connectivity index (χ2n) is 3.35. The summed E-state index contributed by atoms with van der Waals surface area (Å²) in [5, 5.41) is 8.73. The molecule has 0 bridgehead atoms. The number of rotatable bonds is 6. The van der Waals surface area contributed by atoms with Gasteiger partial charge in [-0.05, 0) is 12.3 Å². The van der Waals surface area contributed by atoms with Gasteiger partial charge in [-0.2, -0.15) is 13.1 Å². The van der Waals surface area contributed by atoms with Gasteiger partial charge in [-0.15, -0.1) is 0 Å². The summed E-state index contributed by atoms with van der Waals surface area (Å²) in [5.41, 5.74) is 0. The van der Waals surface area contributed by atoms with Crippen molar-refractivity contribution in [3.63, 3.8) is 0 Å². The van der Waals surface area contributed by atoms with Crippen molar-refractivity contribution in [3.05, 3.63) is 0 Å². The third kappa shape index (κ3) is 5.15. The Morgan fingerprint density at radius 2 is 1.93 bits per heavy atom. The fraction of sp³-hybridized carbons (Fsp3) is 0.857. The molecule has 0 rings (SSSR count). The predicted molar refractivity (Wildman–Crippen MR) is 52.0 cm³/mol. The number of carbonyl (C=O) groups is 1. The molecule has 0 aliphatic heterocycles. The first kappa shape index (κ1) is 13.3. The van der Waals surface area contributed by atoms with Crippen LogP contribution in [0.3, 0.4) is 0 Å². The molecule has 0 unspecified atom stereocenters. The van der Waals surface area contributed by atoms with Crippen LogP contribution in [0.4, 0.5) is 0 Å². The summed E-state index contributed by atoms with van der Waals surface area (Å²) in [7, 11) is -2.47. The number of hydrogen-bond acceptors (Lipinski definition) is 3. The average Bonchev–Trinajstić information content (AvgIpc) is 2.02. The lowest BCUT2D eigenvalue weighted by atomic mass is 10.1. The monoisotopic (exact) mass is 224 g/mol. The SMILES string of the molecule is CNS(=O)(=O)N[C@H](CC(C)C)C(=O)O. The van der Waals surface area contributed by atoms with Crippen LogP contribution in [0.25, 0.3) is 0 Å². The van der Waals surface area contributed by atoms with Crippen LogP contribution in [-0.2, 0) is 15.0 Å². The van der Waals surface area contributed by atoms with Gasteiger partial charge in [-0.25, -0.2) is 4.72 Å². The highest BCUT2D eigenvalue weighted by Gasteiger charge is 2.23. The third-order valence-corrected chi connectivity index (χ3v) is 2.70. The van der Waals surface area contributed by atoms with E-state index in [-0.39, 0.29) is 12.3 Å². The Morgan fingerprint density at radius 3 is 2.21 bits per heavy atom. The first-order valence-corrected chi connectivity index (χ1v) is 5.70. The lowest BCUT2D eigenvalue weighted by molar-refractivity contribution is -0.139. The van der Waals surface area contributed by atoms with Crippen molar-refractivity contribution in [1.82, 2.24) is 9.44 Å². The molecule has 0 aromatic carbocycles. The first-order chi connectivity index (χ1) is 6.28. The van der Waals surface area contributed by atoms with E-state index in [0.717, 1.165) is 0 Å². The van der Waals surface area contributed by atoms with E-state index in [2.05, 4.69) is 0 Å². The number of aliphatic carboxylic acids is 1. The van der Waals surface area contributed by atoms with Crippen LogP contribution >= 0.6 is 0 Å². The standard InChI is InChI=1S/C7H16N2O4S/c1-5(2)4-6(7(10)11)9-14(12,13)8-3/h5-6,8-9H,4H2,1-3H3,(H,10,11)/t6-/m1/s1. The topological polar surface area (TPSA) is 95.5 Å². The van der Waals surface area contributed by atoms with Gasteiger partial charge < -0.3 is 5.11 Å². The Bertz CT molecular complexity index is 286. The zero-order valence-corrected chi connectivity index (χ0v) is 9.26. The highest BCUT2D eigenvalue weighted by Crippen LogP contribution is 2.05. The largest absolute Gasteiger partial charge is 0.480 e. The van der Waals surface area contributed by atoms with Gasteiger partial charge in [0.25, 0.3) is 10.2 Å². The Labute approximate surface area is 83.9 Å². The molecule has 0 amide bonds. The molecule has 14 heavy (non-hydrogen) atoms. The van der Waals surface area contributed by atoms with E-state index in [4.69, 9.17) is 5.11 Å². The van der Waals surface area contributed by atoms with Gasteiger partial charge in [0.15, 0.2) is 0 Å². The van der Waals surface area contributed by atoms with E-state index in [1.807, 2.05) is 23.3 Å². The van der Waals surface area contributed by atoms with Crippen LogP contribution in [0.2, 0.25) is 0 Å². The fourth-order valence-corrected chi connectivity index (χ4v) is 1.61. The summed E-state index contributed by atoms with van der Waals surface area (Å²) in [5.74, 6) is -1.06. The molecule has 0 spiro atoms. The molecular weight excluding hydrogens is 208 g/mol. The van der Waals surface area contributed by atoms with Crippen LogP contribution in [0, 0.1) is 5.92 Å². The molecule has 84 valence electrons. The van der Waals surface area contributed by atoms with Crippen molar-refractivity contribution >= 4 is 16.2 Å². The maximum Gasteiger partial charge on any atom is 0.321 e. The maximum absolute atomic E-state index is 11.0. The molecule has 3 N–H and O–H groups in total. The van der Waals surface area contributed by atoms with E-state index in [0.29, 0.717) is 0 Å². The van der Waals surface area contributed by atoms with Crippen LogP contribution in [-0.4, -0.2) is 32.6 Å². The molecule has 0 saturated carbocycles. The second kappa shape index (κ2) is 5.28. The molecule has 0 aliphatic rings. The smallest absolute Gasteiger partial charge is 0.321 e. The van der Waals surface area contributed by atoms with Gasteiger partial charge >= 0.3 is 5.97 Å². The fourth-order valence-electron chi connectivity index (χ4n) is 0.917. The molecule has 0 saturated heterocycles. The molecule has 0 radical (unpaired) electrons. The van der Waals surface area contributed by atoms with E-state index in [1.165, 1.54) is 7.05 Å². The van der Waals surface area contributed by atoms with Gasteiger partial charge in [0.05, 0.1) is 0 Å². The Balaban J connectivity index is 4.46. The van der Waals surface area contributed by atoms with Crippen molar-refractivity contribution in [1.29, 1.82) is 0 Å². The van der Waals surface area contributed by atoms with Crippen molar-refractivity contribution in [2.24, 2.45) is 5.92 Å². The minimum atomic E-state index is -3.69. The zero-order valence-electron chi connectivity index (χ0n) is 8.44. The number of carboxylic acid groups (broad SMARTS) is 1. The lowest BCUT2D eigenvalue weighted by Gasteiger charge is -2.15. The maximum atomic E-state index is 11.0. The minimum Gasteiger partial charge on any atom is -0.480 e. The number of hydrogen-bond donors (Lipinski definition) is 3. The Kier molecular flexibility index (Phi) is 5.03. The van der Waals surface area contributed by atoms with Crippen molar-refractivity contribution in [3.8, 4) is 0 Å². The highest BCUT2D eigenvalue weighted by molar-refractivity contribution is 7.87. The summed E-state index contributed by atoms with van der Waals surface area (Å²) >= 11 is 0. The van der Waals surface area contributed by atoms with Crippen molar-refractivity contribution in [2.75, 3.05) is 7.05 Å². The van der Waals surface area contributed by atoms with Gasteiger partial charge in [-0.1, -0.05) is 13.8 Å². The highest BCUT2D eigenvalue weighted by atomic mass is 32.2. The van der Waals surface area contributed by atoms with Gasteiger partial charge in [0.2, 0.25) is 0 Å². The molecule has 0 aromatic heterocycles. The third-order valence-electron chi connectivity index (χ3n) is 1.57. The summed E-state index contributed by atoms with van der Waals surface area (Å²) < 4.78 is 26.1. The van der Waals surface area contributed by atoms with Gasteiger partial charge in [0.1, 0.15) is 6.04 Å². The van der Waals surface area contributed by atoms with Crippen LogP contribution < -0.4 is 9.44 Å². The minimum absolute atomic E-state index is 0.107.